The fourth-order valence-electron chi connectivity index (χ4n) is 3.17. The summed E-state index contributed by atoms with van der Waals surface area (Å²) in [5.74, 6) is 0.0687. The van der Waals surface area contributed by atoms with E-state index in [1.807, 2.05) is 47.3 Å². The largest absolute Gasteiger partial charge is 0.375 e. The lowest BCUT2D eigenvalue weighted by atomic mass is 10.1. The van der Waals surface area contributed by atoms with Gasteiger partial charge in [-0.2, -0.15) is 5.10 Å². The Labute approximate surface area is 143 Å². The highest BCUT2D eigenvalue weighted by Crippen LogP contribution is 2.23. The second-order valence-corrected chi connectivity index (χ2v) is 6.44. The summed E-state index contributed by atoms with van der Waals surface area (Å²) in [7, 11) is 0. The third-order valence-electron chi connectivity index (χ3n) is 4.48. The van der Waals surface area contributed by atoms with Gasteiger partial charge in [0.15, 0.2) is 0 Å². The monoisotopic (exact) mass is 327 g/mol. The van der Waals surface area contributed by atoms with Crippen LogP contribution in [0.1, 0.15) is 44.2 Å². The summed E-state index contributed by atoms with van der Waals surface area (Å²) >= 11 is 0. The molecular formula is C19H25N3O2. The van der Waals surface area contributed by atoms with Crippen LogP contribution in [0.5, 0.6) is 0 Å². The number of amides is 1. The fraction of sp³-hybridized carbons (Fsp3) is 0.474. The second kappa shape index (κ2) is 8.11. The van der Waals surface area contributed by atoms with Crippen molar-refractivity contribution in [2.45, 2.75) is 57.4 Å². The Morgan fingerprint density at radius 2 is 2.17 bits per heavy atom. The van der Waals surface area contributed by atoms with Crippen LogP contribution in [0.25, 0.3) is 0 Å². The van der Waals surface area contributed by atoms with Crippen LogP contribution in [0.4, 0.5) is 0 Å². The number of ether oxygens (including phenoxy) is 1. The summed E-state index contributed by atoms with van der Waals surface area (Å²) < 4.78 is 7.64. The highest BCUT2D eigenvalue weighted by molar-refractivity contribution is 5.76. The Hall–Kier alpha value is -2.14. The number of carbonyl (C=O) groups excluding carboxylic acids is 1. The van der Waals surface area contributed by atoms with Gasteiger partial charge in [-0.05, 0) is 37.8 Å². The van der Waals surface area contributed by atoms with E-state index in [9.17, 15) is 4.79 Å². The number of benzene rings is 1. The molecule has 0 saturated carbocycles. The first-order valence-corrected chi connectivity index (χ1v) is 8.68. The molecule has 1 aromatic carbocycles. The Bertz CT molecular complexity index is 627. The maximum absolute atomic E-state index is 12.4. The first kappa shape index (κ1) is 16.7. The van der Waals surface area contributed by atoms with E-state index in [0.717, 1.165) is 24.8 Å². The zero-order chi connectivity index (χ0) is 16.8. The molecule has 0 unspecified atom stereocenters. The van der Waals surface area contributed by atoms with Crippen LogP contribution in [-0.2, 0) is 16.1 Å². The van der Waals surface area contributed by atoms with Crippen molar-refractivity contribution in [3.05, 3.63) is 54.4 Å². The molecule has 3 atom stereocenters. The van der Waals surface area contributed by atoms with Gasteiger partial charge < -0.3 is 10.1 Å². The van der Waals surface area contributed by atoms with Gasteiger partial charge in [0, 0.05) is 18.8 Å². The zero-order valence-electron chi connectivity index (χ0n) is 14.1. The molecular weight excluding hydrogens is 302 g/mol. The minimum absolute atomic E-state index is 0.0687. The average Bonchev–Trinajstić information content (AvgIpc) is 3.25. The van der Waals surface area contributed by atoms with Crippen LogP contribution >= 0.6 is 0 Å². The smallest absolute Gasteiger partial charge is 0.220 e. The summed E-state index contributed by atoms with van der Waals surface area (Å²) in [4.78, 5) is 12.4. The van der Waals surface area contributed by atoms with Gasteiger partial charge in [0.1, 0.15) is 0 Å². The Kier molecular flexibility index (Phi) is 5.64. The molecule has 1 N–H and O–H groups in total. The molecule has 5 nitrogen and oxygen atoms in total. The molecule has 2 heterocycles. The predicted molar refractivity (Wildman–Crippen MR) is 92.4 cm³/mol. The Morgan fingerprint density at radius 3 is 2.83 bits per heavy atom. The summed E-state index contributed by atoms with van der Waals surface area (Å²) in [5.41, 5.74) is 1.09. The number of carbonyl (C=O) groups is 1. The molecule has 0 spiro atoms. The van der Waals surface area contributed by atoms with Crippen molar-refractivity contribution in [3.8, 4) is 0 Å². The highest BCUT2D eigenvalue weighted by atomic mass is 16.5. The van der Waals surface area contributed by atoms with Crippen LogP contribution in [0.15, 0.2) is 48.8 Å². The number of aromatic nitrogens is 2. The maximum Gasteiger partial charge on any atom is 0.220 e. The van der Waals surface area contributed by atoms with Gasteiger partial charge in [-0.25, -0.2) is 0 Å². The first-order chi connectivity index (χ1) is 11.7. The molecule has 1 aliphatic heterocycles. The van der Waals surface area contributed by atoms with Crippen molar-refractivity contribution < 1.29 is 9.53 Å². The summed E-state index contributed by atoms with van der Waals surface area (Å²) in [6.45, 7) is 2.72. The van der Waals surface area contributed by atoms with Crippen LogP contribution in [0.2, 0.25) is 0 Å². The van der Waals surface area contributed by atoms with E-state index in [2.05, 4.69) is 17.3 Å². The lowest BCUT2D eigenvalue weighted by Gasteiger charge is -2.20. The maximum atomic E-state index is 12.4. The topological polar surface area (TPSA) is 56.2 Å². The van der Waals surface area contributed by atoms with Gasteiger partial charge in [-0.1, -0.05) is 30.3 Å². The average molecular weight is 327 g/mol. The third kappa shape index (κ3) is 4.68. The Morgan fingerprint density at radius 1 is 1.33 bits per heavy atom. The molecule has 5 heteroatoms. The molecule has 1 fully saturated rings. The first-order valence-electron chi connectivity index (χ1n) is 8.68. The molecule has 1 aliphatic rings. The molecule has 1 amide bonds. The van der Waals surface area contributed by atoms with E-state index in [-0.39, 0.29) is 18.1 Å². The van der Waals surface area contributed by atoms with Gasteiger partial charge in [-0.3, -0.25) is 9.48 Å². The molecule has 128 valence electrons. The van der Waals surface area contributed by atoms with Gasteiger partial charge in [0.2, 0.25) is 5.91 Å². The van der Waals surface area contributed by atoms with Crippen LogP contribution in [0.3, 0.4) is 0 Å². The molecule has 1 saturated heterocycles. The molecule has 0 bridgehead atoms. The molecule has 0 aliphatic carbocycles. The van der Waals surface area contributed by atoms with E-state index in [0.29, 0.717) is 19.1 Å². The van der Waals surface area contributed by atoms with Gasteiger partial charge >= 0.3 is 0 Å². The van der Waals surface area contributed by atoms with Crippen molar-refractivity contribution in [1.82, 2.24) is 15.1 Å². The third-order valence-corrected chi connectivity index (χ3v) is 4.48. The van der Waals surface area contributed by atoms with Crippen molar-refractivity contribution in [1.29, 1.82) is 0 Å². The second-order valence-electron chi connectivity index (χ2n) is 6.44. The van der Waals surface area contributed by atoms with E-state index < -0.39 is 0 Å². The van der Waals surface area contributed by atoms with Gasteiger partial charge in [0.25, 0.3) is 0 Å². The number of rotatable bonds is 7. The van der Waals surface area contributed by atoms with Crippen LogP contribution in [-0.4, -0.2) is 27.9 Å². The summed E-state index contributed by atoms with van der Waals surface area (Å²) in [5, 5.41) is 7.40. The summed E-state index contributed by atoms with van der Waals surface area (Å²) in [6.07, 6.45) is 7.67. The fourth-order valence-corrected chi connectivity index (χ4v) is 3.17. The summed E-state index contributed by atoms with van der Waals surface area (Å²) in [6, 6.07) is 11.8. The predicted octanol–water partition coefficient (Wildman–Crippen LogP) is 3.09. The number of hydrogen-bond acceptors (Lipinski definition) is 3. The SMILES string of the molecule is C[C@@H]1CC[C@@H](CCC(=O)N[C@@H](Cn2cccn2)c2ccccc2)O1. The lowest BCUT2D eigenvalue weighted by molar-refractivity contribution is -0.122. The van der Waals surface area contributed by atoms with Crippen molar-refractivity contribution in [2.75, 3.05) is 0 Å². The molecule has 2 aromatic rings. The van der Waals surface area contributed by atoms with Crippen LogP contribution < -0.4 is 5.32 Å². The van der Waals surface area contributed by atoms with E-state index >= 15 is 0 Å². The number of nitrogens with zero attached hydrogens (tertiary/aromatic N) is 2. The molecule has 1 aromatic heterocycles. The van der Waals surface area contributed by atoms with Crippen molar-refractivity contribution in [2.24, 2.45) is 0 Å². The minimum Gasteiger partial charge on any atom is -0.375 e. The van der Waals surface area contributed by atoms with E-state index in [4.69, 9.17) is 4.74 Å². The number of nitrogens with one attached hydrogen (secondary N) is 1. The van der Waals surface area contributed by atoms with Gasteiger partial charge in [-0.15, -0.1) is 0 Å². The van der Waals surface area contributed by atoms with Gasteiger partial charge in [0.05, 0.1) is 24.8 Å². The molecule has 3 rings (SSSR count). The van der Waals surface area contributed by atoms with Crippen molar-refractivity contribution in [3.63, 3.8) is 0 Å². The lowest BCUT2D eigenvalue weighted by Crippen LogP contribution is -2.32. The molecule has 24 heavy (non-hydrogen) atoms. The standard InChI is InChI=1S/C19H25N3O2/c1-15-8-9-17(24-15)10-11-19(23)21-18(14-22-13-5-12-20-22)16-6-3-2-4-7-16/h2-7,12-13,15,17-18H,8-11,14H2,1H3,(H,21,23)/t15-,17+,18+/m1/s1. The van der Waals surface area contributed by atoms with E-state index in [1.54, 1.807) is 6.20 Å². The number of hydrogen-bond donors (Lipinski definition) is 1. The minimum atomic E-state index is -0.0815. The quantitative estimate of drug-likeness (QED) is 0.850. The zero-order valence-corrected chi connectivity index (χ0v) is 14.1. The van der Waals surface area contributed by atoms with Crippen molar-refractivity contribution >= 4 is 5.91 Å². The van der Waals surface area contributed by atoms with E-state index in [1.165, 1.54) is 0 Å². The normalized spacial score (nSPS) is 21.5. The highest BCUT2D eigenvalue weighted by Gasteiger charge is 2.23. The molecule has 0 radical (unpaired) electrons. The van der Waals surface area contributed by atoms with Crippen LogP contribution in [0, 0.1) is 0 Å². The Balaban J connectivity index is 1.57.